The Morgan fingerprint density at radius 3 is 2.53 bits per heavy atom. The molecule has 0 saturated heterocycles. The summed E-state index contributed by atoms with van der Waals surface area (Å²) in [4.78, 5) is 2.10. The normalized spacial score (nSPS) is 9.87. The highest BCUT2D eigenvalue weighted by Crippen LogP contribution is 2.31. The van der Waals surface area contributed by atoms with E-state index in [0.717, 1.165) is 29.5 Å². The molecule has 0 fully saturated rings. The molecule has 1 aromatic carbocycles. The standard InChI is InChI=1S/C11H17NO2S/c1-12(6-7-15)10-5-4-9(13-2)8-11(10)14-3/h4-5,8,15H,6-7H2,1-3H3. The highest BCUT2D eigenvalue weighted by atomic mass is 32.1. The lowest BCUT2D eigenvalue weighted by atomic mass is 10.2. The molecule has 3 nitrogen and oxygen atoms in total. The first kappa shape index (κ1) is 12.0. The molecule has 1 aromatic rings. The Kier molecular flexibility index (Phi) is 4.62. The van der Waals surface area contributed by atoms with Crippen LogP contribution in [0.4, 0.5) is 5.69 Å². The zero-order chi connectivity index (χ0) is 11.3. The molecule has 0 aromatic heterocycles. The van der Waals surface area contributed by atoms with Crippen LogP contribution in [0.1, 0.15) is 0 Å². The van der Waals surface area contributed by atoms with Crippen molar-refractivity contribution >= 4 is 18.3 Å². The molecule has 0 spiro atoms. The quantitative estimate of drug-likeness (QED) is 0.778. The van der Waals surface area contributed by atoms with Crippen molar-refractivity contribution in [2.75, 3.05) is 38.5 Å². The Labute approximate surface area is 96.4 Å². The number of methoxy groups -OCH3 is 2. The number of thiol groups is 1. The molecule has 4 heteroatoms. The molecule has 0 aliphatic carbocycles. The predicted octanol–water partition coefficient (Wildman–Crippen LogP) is 2.07. The molecule has 0 radical (unpaired) electrons. The maximum Gasteiger partial charge on any atom is 0.145 e. The average Bonchev–Trinajstić information content (AvgIpc) is 2.28. The average molecular weight is 227 g/mol. The van der Waals surface area contributed by atoms with Crippen molar-refractivity contribution in [3.63, 3.8) is 0 Å². The van der Waals surface area contributed by atoms with E-state index in [1.165, 1.54) is 0 Å². The van der Waals surface area contributed by atoms with Gasteiger partial charge in [-0.2, -0.15) is 12.6 Å². The predicted molar refractivity (Wildman–Crippen MR) is 66.7 cm³/mol. The lowest BCUT2D eigenvalue weighted by Crippen LogP contribution is -2.20. The summed E-state index contributed by atoms with van der Waals surface area (Å²) in [5.74, 6) is 2.43. The van der Waals surface area contributed by atoms with Gasteiger partial charge in [0.15, 0.2) is 0 Å². The monoisotopic (exact) mass is 227 g/mol. The fraction of sp³-hybridized carbons (Fsp3) is 0.455. The summed E-state index contributed by atoms with van der Waals surface area (Å²) < 4.78 is 10.4. The number of rotatable bonds is 5. The van der Waals surface area contributed by atoms with Gasteiger partial charge in [-0.25, -0.2) is 0 Å². The van der Waals surface area contributed by atoms with Crippen molar-refractivity contribution in [1.82, 2.24) is 0 Å². The van der Waals surface area contributed by atoms with Crippen molar-refractivity contribution < 1.29 is 9.47 Å². The Bertz CT molecular complexity index is 317. The highest BCUT2D eigenvalue weighted by molar-refractivity contribution is 7.80. The van der Waals surface area contributed by atoms with Gasteiger partial charge in [0.25, 0.3) is 0 Å². The van der Waals surface area contributed by atoms with E-state index in [9.17, 15) is 0 Å². The molecule has 1 rings (SSSR count). The lowest BCUT2D eigenvalue weighted by molar-refractivity contribution is 0.394. The van der Waals surface area contributed by atoms with Gasteiger partial charge in [-0.05, 0) is 12.1 Å². The molecule has 84 valence electrons. The van der Waals surface area contributed by atoms with Crippen LogP contribution in [0, 0.1) is 0 Å². The molecule has 0 aliphatic rings. The van der Waals surface area contributed by atoms with Crippen molar-refractivity contribution in [3.05, 3.63) is 18.2 Å². The van der Waals surface area contributed by atoms with E-state index in [4.69, 9.17) is 9.47 Å². The molecule has 0 atom stereocenters. The molecule has 15 heavy (non-hydrogen) atoms. The Morgan fingerprint density at radius 2 is 2.00 bits per heavy atom. The van der Waals surface area contributed by atoms with Gasteiger partial charge in [0.05, 0.1) is 19.9 Å². The van der Waals surface area contributed by atoms with Crippen molar-refractivity contribution in [2.45, 2.75) is 0 Å². The van der Waals surface area contributed by atoms with Crippen LogP contribution < -0.4 is 14.4 Å². The van der Waals surface area contributed by atoms with Crippen molar-refractivity contribution in [3.8, 4) is 11.5 Å². The SMILES string of the molecule is COc1ccc(N(C)CCS)c(OC)c1. The summed E-state index contributed by atoms with van der Waals surface area (Å²) >= 11 is 4.21. The third-order valence-corrected chi connectivity index (χ3v) is 2.43. The van der Waals surface area contributed by atoms with Crippen LogP contribution in [0.3, 0.4) is 0 Å². The second-order valence-corrected chi connectivity index (χ2v) is 3.63. The van der Waals surface area contributed by atoms with Gasteiger partial charge >= 0.3 is 0 Å². The van der Waals surface area contributed by atoms with Crippen LogP contribution in [0.15, 0.2) is 18.2 Å². The van der Waals surface area contributed by atoms with Crippen LogP contribution in [-0.2, 0) is 0 Å². The number of anilines is 1. The van der Waals surface area contributed by atoms with Gasteiger partial charge < -0.3 is 14.4 Å². The first-order valence-corrected chi connectivity index (χ1v) is 5.40. The molecule has 0 heterocycles. The number of nitrogens with zero attached hydrogens (tertiary/aromatic N) is 1. The smallest absolute Gasteiger partial charge is 0.145 e. The molecule has 0 amide bonds. The maximum atomic E-state index is 5.31. The third-order valence-electron chi connectivity index (χ3n) is 2.23. The Hall–Kier alpha value is -1.03. The van der Waals surface area contributed by atoms with E-state index >= 15 is 0 Å². The summed E-state index contributed by atoms with van der Waals surface area (Å²) in [6.07, 6.45) is 0. The maximum absolute atomic E-state index is 5.31. The molecular weight excluding hydrogens is 210 g/mol. The Morgan fingerprint density at radius 1 is 1.27 bits per heavy atom. The van der Waals surface area contributed by atoms with Crippen LogP contribution >= 0.6 is 12.6 Å². The van der Waals surface area contributed by atoms with Gasteiger partial charge in [-0.1, -0.05) is 0 Å². The molecule has 0 unspecified atom stereocenters. The zero-order valence-corrected chi connectivity index (χ0v) is 10.3. The van der Waals surface area contributed by atoms with Gasteiger partial charge in [-0.15, -0.1) is 0 Å². The Balaban J connectivity index is 2.96. The summed E-state index contributed by atoms with van der Waals surface area (Å²) in [5.41, 5.74) is 1.05. The van der Waals surface area contributed by atoms with E-state index in [0.29, 0.717) is 0 Å². The number of benzene rings is 1. The van der Waals surface area contributed by atoms with E-state index < -0.39 is 0 Å². The number of hydrogen-bond acceptors (Lipinski definition) is 4. The highest BCUT2D eigenvalue weighted by Gasteiger charge is 2.08. The van der Waals surface area contributed by atoms with Gasteiger partial charge in [0.2, 0.25) is 0 Å². The van der Waals surface area contributed by atoms with Crippen molar-refractivity contribution in [2.24, 2.45) is 0 Å². The van der Waals surface area contributed by atoms with Crippen LogP contribution in [0.2, 0.25) is 0 Å². The minimum absolute atomic E-state index is 0.801. The largest absolute Gasteiger partial charge is 0.497 e. The summed E-state index contributed by atoms with van der Waals surface area (Å²) in [5, 5.41) is 0. The number of hydrogen-bond donors (Lipinski definition) is 1. The molecular formula is C11H17NO2S. The third kappa shape index (κ3) is 2.96. The fourth-order valence-corrected chi connectivity index (χ4v) is 1.67. The van der Waals surface area contributed by atoms with Crippen LogP contribution in [0.5, 0.6) is 11.5 Å². The molecule has 0 N–H and O–H groups in total. The minimum Gasteiger partial charge on any atom is -0.497 e. The second kappa shape index (κ2) is 5.75. The molecule has 0 aliphatic heterocycles. The summed E-state index contributed by atoms with van der Waals surface area (Å²) in [6.45, 7) is 0.881. The lowest BCUT2D eigenvalue weighted by Gasteiger charge is -2.21. The minimum atomic E-state index is 0.801. The molecule has 0 bridgehead atoms. The zero-order valence-electron chi connectivity index (χ0n) is 9.36. The number of ether oxygens (including phenoxy) is 2. The summed E-state index contributed by atoms with van der Waals surface area (Å²) in [7, 11) is 5.32. The first-order chi connectivity index (χ1) is 7.22. The summed E-state index contributed by atoms with van der Waals surface area (Å²) in [6, 6.07) is 5.79. The van der Waals surface area contributed by atoms with Gasteiger partial charge in [0, 0.05) is 25.4 Å². The first-order valence-electron chi connectivity index (χ1n) is 4.77. The van der Waals surface area contributed by atoms with E-state index in [1.807, 2.05) is 25.2 Å². The second-order valence-electron chi connectivity index (χ2n) is 3.18. The molecule has 0 saturated carbocycles. The van der Waals surface area contributed by atoms with Crippen LogP contribution in [0.25, 0.3) is 0 Å². The van der Waals surface area contributed by atoms with Crippen molar-refractivity contribution in [1.29, 1.82) is 0 Å². The van der Waals surface area contributed by atoms with Crippen LogP contribution in [-0.4, -0.2) is 33.6 Å². The topological polar surface area (TPSA) is 21.7 Å². The van der Waals surface area contributed by atoms with Gasteiger partial charge in [0.1, 0.15) is 11.5 Å². The van der Waals surface area contributed by atoms with Gasteiger partial charge in [-0.3, -0.25) is 0 Å². The van der Waals surface area contributed by atoms with E-state index in [-0.39, 0.29) is 0 Å². The van der Waals surface area contributed by atoms with E-state index in [2.05, 4.69) is 17.5 Å². The van der Waals surface area contributed by atoms with E-state index in [1.54, 1.807) is 14.2 Å². The fourth-order valence-electron chi connectivity index (χ4n) is 1.37.